The van der Waals surface area contributed by atoms with E-state index in [9.17, 15) is 9.59 Å². The second-order valence-corrected chi connectivity index (χ2v) is 10.5. The van der Waals surface area contributed by atoms with Gasteiger partial charge in [0.1, 0.15) is 5.69 Å². The van der Waals surface area contributed by atoms with Crippen molar-refractivity contribution < 1.29 is 9.59 Å². The highest BCUT2D eigenvalue weighted by atomic mass is 35.5. The van der Waals surface area contributed by atoms with E-state index in [1.165, 1.54) is 0 Å². The van der Waals surface area contributed by atoms with Gasteiger partial charge in [0.2, 0.25) is 0 Å². The van der Waals surface area contributed by atoms with Gasteiger partial charge >= 0.3 is 6.03 Å². The highest BCUT2D eigenvalue weighted by Crippen LogP contribution is 2.39. The van der Waals surface area contributed by atoms with E-state index in [4.69, 9.17) is 28.2 Å². The van der Waals surface area contributed by atoms with Crippen LogP contribution in [0.2, 0.25) is 10.0 Å². The van der Waals surface area contributed by atoms with Crippen molar-refractivity contribution >= 4 is 46.0 Å². The third-order valence-electron chi connectivity index (χ3n) is 6.99. The minimum Gasteiger partial charge on any atom is -0.350 e. The fraction of sp³-hybridized carbons (Fsp3) is 0.167. The lowest BCUT2D eigenvalue weighted by atomic mass is 10.0. The number of hydrogen-bond donors (Lipinski definition) is 3. The summed E-state index contributed by atoms with van der Waals surface area (Å²) in [6.07, 6.45) is 1.80. The van der Waals surface area contributed by atoms with Gasteiger partial charge < -0.3 is 25.1 Å². The van der Waals surface area contributed by atoms with Crippen LogP contribution in [0.3, 0.4) is 0 Å². The SMILES string of the molecule is O=C(NCCN1CCNC1=O)c1[nH]c2cc(Cl)ccc2c1-c1c(-c2ccccc2)ncn1Cc1ccc(Cl)cc1. The Bertz CT molecular complexity index is 1700. The fourth-order valence-corrected chi connectivity index (χ4v) is 5.36. The summed E-state index contributed by atoms with van der Waals surface area (Å²) in [7, 11) is 0. The molecule has 3 heterocycles. The number of nitrogens with one attached hydrogen (secondary N) is 3. The van der Waals surface area contributed by atoms with Gasteiger partial charge in [0, 0.05) is 64.8 Å². The number of H-pyrrole nitrogens is 1. The molecule has 0 bridgehead atoms. The van der Waals surface area contributed by atoms with Crippen molar-refractivity contribution in [1.29, 1.82) is 0 Å². The summed E-state index contributed by atoms with van der Waals surface area (Å²) in [4.78, 5) is 35.4. The number of fused-ring (bicyclic) bond motifs is 1. The van der Waals surface area contributed by atoms with Crippen LogP contribution in [0.15, 0.2) is 79.1 Å². The first-order valence-electron chi connectivity index (χ1n) is 13.0. The number of amides is 3. The number of carbonyl (C=O) groups excluding carboxylic acids is 2. The molecule has 202 valence electrons. The fourth-order valence-electron chi connectivity index (χ4n) is 5.06. The Morgan fingerprint density at radius 3 is 2.52 bits per heavy atom. The monoisotopic (exact) mass is 572 g/mol. The lowest BCUT2D eigenvalue weighted by Crippen LogP contribution is -2.37. The predicted octanol–water partition coefficient (Wildman–Crippen LogP) is 5.81. The quantitative estimate of drug-likeness (QED) is 0.219. The number of benzene rings is 3. The first-order chi connectivity index (χ1) is 19.5. The summed E-state index contributed by atoms with van der Waals surface area (Å²) >= 11 is 12.5. The normalized spacial score (nSPS) is 13.2. The molecule has 1 aliphatic heterocycles. The Morgan fingerprint density at radius 1 is 1.00 bits per heavy atom. The lowest BCUT2D eigenvalue weighted by Gasteiger charge is -2.15. The number of halogens is 2. The first kappa shape index (κ1) is 26.0. The van der Waals surface area contributed by atoms with Gasteiger partial charge in [-0.25, -0.2) is 9.78 Å². The van der Waals surface area contributed by atoms with Gasteiger partial charge in [0.05, 0.1) is 17.7 Å². The van der Waals surface area contributed by atoms with Gasteiger partial charge in [-0.15, -0.1) is 0 Å². The van der Waals surface area contributed by atoms with E-state index in [2.05, 4.69) is 15.6 Å². The van der Waals surface area contributed by atoms with E-state index >= 15 is 0 Å². The van der Waals surface area contributed by atoms with E-state index in [1.807, 2.05) is 77.4 Å². The second-order valence-electron chi connectivity index (χ2n) is 9.60. The number of carbonyl (C=O) groups is 2. The largest absolute Gasteiger partial charge is 0.350 e. The van der Waals surface area contributed by atoms with Gasteiger partial charge in [-0.3, -0.25) is 4.79 Å². The van der Waals surface area contributed by atoms with Crippen molar-refractivity contribution in [3.05, 3.63) is 100 Å². The molecule has 0 atom stereocenters. The van der Waals surface area contributed by atoms with E-state index in [0.29, 0.717) is 48.5 Å². The number of aromatic amines is 1. The zero-order chi connectivity index (χ0) is 27.6. The van der Waals surface area contributed by atoms with Crippen LogP contribution >= 0.6 is 23.2 Å². The Labute approximate surface area is 240 Å². The molecule has 1 aliphatic rings. The van der Waals surface area contributed by atoms with Crippen LogP contribution < -0.4 is 10.6 Å². The van der Waals surface area contributed by atoms with Gasteiger partial charge in [-0.1, -0.05) is 71.7 Å². The molecule has 2 aromatic heterocycles. The van der Waals surface area contributed by atoms with Gasteiger partial charge in [0.25, 0.3) is 5.91 Å². The average Bonchev–Trinajstić information content (AvgIpc) is 3.66. The number of aromatic nitrogens is 3. The maximum absolute atomic E-state index is 13.7. The maximum atomic E-state index is 13.7. The van der Waals surface area contributed by atoms with Crippen LogP contribution in [0.5, 0.6) is 0 Å². The van der Waals surface area contributed by atoms with Crippen molar-refractivity contribution in [3.63, 3.8) is 0 Å². The predicted molar refractivity (Wildman–Crippen MR) is 158 cm³/mol. The molecule has 0 spiro atoms. The Kier molecular flexibility index (Phi) is 7.19. The van der Waals surface area contributed by atoms with Crippen molar-refractivity contribution in [1.82, 2.24) is 30.1 Å². The summed E-state index contributed by atoms with van der Waals surface area (Å²) in [6.45, 7) is 2.49. The van der Waals surface area contributed by atoms with Crippen molar-refractivity contribution in [2.24, 2.45) is 0 Å². The Balaban J connectivity index is 1.45. The van der Waals surface area contributed by atoms with Crippen LogP contribution in [0.25, 0.3) is 33.4 Å². The van der Waals surface area contributed by atoms with Gasteiger partial charge in [-0.05, 0) is 29.8 Å². The molecular formula is C30H26Cl2N6O2. The van der Waals surface area contributed by atoms with Crippen LogP contribution in [0.1, 0.15) is 16.1 Å². The number of urea groups is 1. The minimum atomic E-state index is -0.278. The standard InChI is InChI=1S/C30H26Cl2N6O2/c31-21-8-6-19(7-9-21)17-38-18-35-26(20-4-2-1-3-5-20)28(38)25-23-11-10-22(32)16-24(23)36-27(25)29(39)33-12-14-37-15-13-34-30(37)40/h1-11,16,18,36H,12-15,17H2,(H,33,39)(H,34,40). The first-order valence-corrected chi connectivity index (χ1v) is 13.7. The number of rotatable bonds is 8. The van der Waals surface area contributed by atoms with E-state index in [-0.39, 0.29) is 11.9 Å². The number of imidazole rings is 1. The molecule has 3 N–H and O–H groups in total. The average molecular weight is 573 g/mol. The third-order valence-corrected chi connectivity index (χ3v) is 7.48. The topological polar surface area (TPSA) is 95.1 Å². The van der Waals surface area contributed by atoms with E-state index in [1.54, 1.807) is 11.2 Å². The van der Waals surface area contributed by atoms with Crippen molar-refractivity contribution in [3.8, 4) is 22.5 Å². The molecule has 10 heteroatoms. The molecule has 0 unspecified atom stereocenters. The summed E-state index contributed by atoms with van der Waals surface area (Å²) in [5.74, 6) is -0.278. The maximum Gasteiger partial charge on any atom is 0.317 e. The summed E-state index contributed by atoms with van der Waals surface area (Å²) < 4.78 is 2.05. The number of nitrogens with zero attached hydrogens (tertiary/aromatic N) is 3. The van der Waals surface area contributed by atoms with Crippen LogP contribution in [-0.4, -0.2) is 57.6 Å². The summed E-state index contributed by atoms with van der Waals surface area (Å²) in [6, 6.07) is 23.0. The van der Waals surface area contributed by atoms with Crippen LogP contribution in [0, 0.1) is 0 Å². The molecule has 3 amide bonds. The molecule has 1 saturated heterocycles. The van der Waals surface area contributed by atoms with Gasteiger partial charge in [0.15, 0.2) is 0 Å². The minimum absolute atomic E-state index is 0.117. The van der Waals surface area contributed by atoms with Crippen molar-refractivity contribution in [2.45, 2.75) is 6.54 Å². The molecule has 0 aliphatic carbocycles. The summed E-state index contributed by atoms with van der Waals surface area (Å²) in [5.41, 5.74) is 5.41. The molecule has 3 aromatic carbocycles. The van der Waals surface area contributed by atoms with Crippen molar-refractivity contribution in [2.75, 3.05) is 26.2 Å². The zero-order valence-corrected chi connectivity index (χ0v) is 23.0. The molecule has 8 nitrogen and oxygen atoms in total. The van der Waals surface area contributed by atoms with Crippen LogP contribution in [0.4, 0.5) is 4.79 Å². The van der Waals surface area contributed by atoms with Gasteiger partial charge in [-0.2, -0.15) is 0 Å². The lowest BCUT2D eigenvalue weighted by molar-refractivity contribution is 0.0946. The molecule has 6 rings (SSSR count). The highest BCUT2D eigenvalue weighted by molar-refractivity contribution is 6.31. The zero-order valence-electron chi connectivity index (χ0n) is 21.5. The Hall–Kier alpha value is -4.27. The van der Waals surface area contributed by atoms with E-state index in [0.717, 1.165) is 39.0 Å². The van der Waals surface area contributed by atoms with E-state index < -0.39 is 0 Å². The summed E-state index contributed by atoms with van der Waals surface area (Å²) in [5, 5.41) is 7.85. The number of hydrogen-bond acceptors (Lipinski definition) is 3. The molecule has 0 saturated carbocycles. The third kappa shape index (κ3) is 5.15. The smallest absolute Gasteiger partial charge is 0.317 e. The molecule has 40 heavy (non-hydrogen) atoms. The Morgan fingerprint density at radius 2 is 1.77 bits per heavy atom. The second kappa shape index (κ2) is 11.1. The molecule has 0 radical (unpaired) electrons. The molecule has 1 fully saturated rings. The van der Waals surface area contributed by atoms with Crippen LogP contribution in [-0.2, 0) is 6.54 Å². The molecular weight excluding hydrogens is 547 g/mol. The highest BCUT2D eigenvalue weighted by Gasteiger charge is 2.26. The molecule has 5 aromatic rings.